The molecule has 1 aromatic carbocycles. The predicted octanol–water partition coefficient (Wildman–Crippen LogP) is 4.60. The summed E-state index contributed by atoms with van der Waals surface area (Å²) >= 11 is 11.7. The lowest BCUT2D eigenvalue weighted by Gasteiger charge is -2.06. The summed E-state index contributed by atoms with van der Waals surface area (Å²) in [6, 6.07) is 5.51. The molecule has 0 amide bonds. The standard InChI is InChI=1S/C11H15Cl2N/c1-2-3-4-5-14-11-7-9(12)6-10(13)8-11/h6-8,14H,2-5H2,1H3. The van der Waals surface area contributed by atoms with E-state index < -0.39 is 0 Å². The van der Waals surface area contributed by atoms with Crippen LogP contribution in [0.2, 0.25) is 10.0 Å². The van der Waals surface area contributed by atoms with E-state index in [-0.39, 0.29) is 0 Å². The highest BCUT2D eigenvalue weighted by Crippen LogP contribution is 2.22. The molecular weight excluding hydrogens is 217 g/mol. The first kappa shape index (κ1) is 11.7. The molecule has 0 spiro atoms. The molecule has 0 bridgehead atoms. The lowest BCUT2D eigenvalue weighted by Crippen LogP contribution is -2.00. The third-order valence-electron chi connectivity index (χ3n) is 1.97. The van der Waals surface area contributed by atoms with Gasteiger partial charge in [0, 0.05) is 22.3 Å². The Morgan fingerprint density at radius 3 is 2.29 bits per heavy atom. The van der Waals surface area contributed by atoms with Crippen LogP contribution in [-0.4, -0.2) is 6.54 Å². The fourth-order valence-corrected chi connectivity index (χ4v) is 1.79. The Hall–Kier alpha value is -0.400. The van der Waals surface area contributed by atoms with Gasteiger partial charge in [-0.2, -0.15) is 0 Å². The topological polar surface area (TPSA) is 12.0 Å². The van der Waals surface area contributed by atoms with E-state index in [4.69, 9.17) is 23.2 Å². The Labute approximate surface area is 95.4 Å². The number of unbranched alkanes of at least 4 members (excludes halogenated alkanes) is 2. The van der Waals surface area contributed by atoms with Crippen molar-refractivity contribution < 1.29 is 0 Å². The minimum atomic E-state index is 0.676. The first-order valence-electron chi connectivity index (χ1n) is 4.92. The number of nitrogens with one attached hydrogen (secondary N) is 1. The lowest BCUT2D eigenvalue weighted by molar-refractivity contribution is 0.744. The highest BCUT2D eigenvalue weighted by Gasteiger charge is 1.96. The summed E-state index contributed by atoms with van der Waals surface area (Å²) < 4.78 is 0. The molecule has 0 aliphatic carbocycles. The monoisotopic (exact) mass is 231 g/mol. The molecular formula is C11H15Cl2N. The molecule has 0 fully saturated rings. The van der Waals surface area contributed by atoms with E-state index >= 15 is 0 Å². The van der Waals surface area contributed by atoms with Crippen molar-refractivity contribution in [1.29, 1.82) is 0 Å². The molecule has 0 aliphatic heterocycles. The van der Waals surface area contributed by atoms with Crippen molar-refractivity contribution in [3.05, 3.63) is 28.2 Å². The minimum Gasteiger partial charge on any atom is -0.385 e. The summed E-state index contributed by atoms with van der Waals surface area (Å²) in [6.45, 7) is 3.17. The van der Waals surface area contributed by atoms with Crippen LogP contribution in [0.5, 0.6) is 0 Å². The van der Waals surface area contributed by atoms with E-state index in [1.165, 1.54) is 19.3 Å². The largest absolute Gasteiger partial charge is 0.385 e. The van der Waals surface area contributed by atoms with Crippen LogP contribution in [0.15, 0.2) is 18.2 Å². The Morgan fingerprint density at radius 1 is 1.07 bits per heavy atom. The van der Waals surface area contributed by atoms with Crippen LogP contribution in [0.1, 0.15) is 26.2 Å². The van der Waals surface area contributed by atoms with Crippen molar-refractivity contribution in [2.45, 2.75) is 26.2 Å². The van der Waals surface area contributed by atoms with Crippen LogP contribution in [-0.2, 0) is 0 Å². The zero-order valence-corrected chi connectivity index (χ0v) is 9.83. The van der Waals surface area contributed by atoms with Crippen molar-refractivity contribution in [1.82, 2.24) is 0 Å². The maximum atomic E-state index is 5.87. The second-order valence-electron chi connectivity index (χ2n) is 3.29. The van der Waals surface area contributed by atoms with Gasteiger partial charge in [-0.25, -0.2) is 0 Å². The molecule has 1 N–H and O–H groups in total. The molecule has 0 aliphatic rings. The van der Waals surface area contributed by atoms with Gasteiger partial charge in [0.25, 0.3) is 0 Å². The van der Waals surface area contributed by atoms with Crippen molar-refractivity contribution in [2.24, 2.45) is 0 Å². The summed E-state index contributed by atoms with van der Waals surface area (Å²) in [5.41, 5.74) is 0.999. The SMILES string of the molecule is CCCCCNc1cc(Cl)cc(Cl)c1. The summed E-state index contributed by atoms with van der Waals surface area (Å²) in [5.74, 6) is 0. The van der Waals surface area contributed by atoms with Crippen LogP contribution in [0, 0.1) is 0 Å². The van der Waals surface area contributed by atoms with Crippen LogP contribution in [0.4, 0.5) is 5.69 Å². The molecule has 0 saturated heterocycles. The molecule has 14 heavy (non-hydrogen) atoms. The molecule has 1 aromatic rings. The van der Waals surface area contributed by atoms with Crippen molar-refractivity contribution in [2.75, 3.05) is 11.9 Å². The van der Waals surface area contributed by atoms with Gasteiger partial charge in [0.1, 0.15) is 0 Å². The van der Waals surface area contributed by atoms with Crippen LogP contribution in [0.25, 0.3) is 0 Å². The van der Waals surface area contributed by atoms with Crippen molar-refractivity contribution in [3.63, 3.8) is 0 Å². The quantitative estimate of drug-likeness (QED) is 0.731. The second-order valence-corrected chi connectivity index (χ2v) is 4.16. The van der Waals surface area contributed by atoms with E-state index in [0.717, 1.165) is 12.2 Å². The van der Waals surface area contributed by atoms with Crippen molar-refractivity contribution in [3.8, 4) is 0 Å². The van der Waals surface area contributed by atoms with Gasteiger partial charge in [-0.05, 0) is 24.6 Å². The molecule has 1 nitrogen and oxygen atoms in total. The van der Waals surface area contributed by atoms with Gasteiger partial charge in [0.15, 0.2) is 0 Å². The molecule has 1 rings (SSSR count). The zero-order chi connectivity index (χ0) is 10.4. The molecule has 78 valence electrons. The number of hydrogen-bond donors (Lipinski definition) is 1. The average Bonchev–Trinajstić information content (AvgIpc) is 2.11. The van der Waals surface area contributed by atoms with Gasteiger partial charge < -0.3 is 5.32 Å². The Morgan fingerprint density at radius 2 is 1.71 bits per heavy atom. The predicted molar refractivity (Wildman–Crippen MR) is 64.5 cm³/mol. The smallest absolute Gasteiger partial charge is 0.0441 e. The first-order valence-corrected chi connectivity index (χ1v) is 5.68. The Bertz CT molecular complexity index is 266. The molecule has 0 unspecified atom stereocenters. The van der Waals surface area contributed by atoms with Crippen molar-refractivity contribution >= 4 is 28.9 Å². The van der Waals surface area contributed by atoms with Crippen LogP contribution >= 0.6 is 23.2 Å². The zero-order valence-electron chi connectivity index (χ0n) is 8.32. The third kappa shape index (κ3) is 4.21. The molecule has 0 radical (unpaired) electrons. The lowest BCUT2D eigenvalue weighted by atomic mass is 10.2. The van der Waals surface area contributed by atoms with E-state index in [0.29, 0.717) is 10.0 Å². The number of hydrogen-bond acceptors (Lipinski definition) is 1. The molecule has 0 aromatic heterocycles. The fraction of sp³-hybridized carbons (Fsp3) is 0.455. The Kier molecular flexibility index (Phi) is 5.13. The highest BCUT2D eigenvalue weighted by atomic mass is 35.5. The number of benzene rings is 1. The Balaban J connectivity index is 2.42. The van der Waals surface area contributed by atoms with E-state index in [1.807, 2.05) is 12.1 Å². The maximum Gasteiger partial charge on any atom is 0.0441 e. The van der Waals surface area contributed by atoms with Crippen LogP contribution < -0.4 is 5.32 Å². The number of rotatable bonds is 5. The van der Waals surface area contributed by atoms with Gasteiger partial charge in [-0.3, -0.25) is 0 Å². The third-order valence-corrected chi connectivity index (χ3v) is 2.41. The first-order chi connectivity index (χ1) is 6.72. The summed E-state index contributed by atoms with van der Waals surface area (Å²) in [7, 11) is 0. The highest BCUT2D eigenvalue weighted by molar-refractivity contribution is 6.35. The van der Waals surface area contributed by atoms with E-state index in [9.17, 15) is 0 Å². The van der Waals surface area contributed by atoms with Gasteiger partial charge >= 0.3 is 0 Å². The molecule has 0 heterocycles. The van der Waals surface area contributed by atoms with Crippen LogP contribution in [0.3, 0.4) is 0 Å². The normalized spacial score (nSPS) is 10.2. The maximum absolute atomic E-state index is 5.87. The number of halogens is 2. The summed E-state index contributed by atoms with van der Waals surface area (Å²) in [6.07, 6.45) is 3.67. The molecule has 0 saturated carbocycles. The van der Waals surface area contributed by atoms with Gasteiger partial charge in [0.05, 0.1) is 0 Å². The number of anilines is 1. The average molecular weight is 232 g/mol. The van der Waals surface area contributed by atoms with E-state index in [2.05, 4.69) is 12.2 Å². The molecule has 0 atom stereocenters. The van der Waals surface area contributed by atoms with E-state index in [1.54, 1.807) is 6.07 Å². The summed E-state index contributed by atoms with van der Waals surface area (Å²) in [4.78, 5) is 0. The fourth-order valence-electron chi connectivity index (χ4n) is 1.26. The van der Waals surface area contributed by atoms with Gasteiger partial charge in [-0.1, -0.05) is 43.0 Å². The van der Waals surface area contributed by atoms with Gasteiger partial charge in [-0.15, -0.1) is 0 Å². The summed E-state index contributed by atoms with van der Waals surface area (Å²) in [5, 5.41) is 4.64. The minimum absolute atomic E-state index is 0.676. The second kappa shape index (κ2) is 6.15. The van der Waals surface area contributed by atoms with Gasteiger partial charge in [0.2, 0.25) is 0 Å². The molecule has 3 heteroatoms.